The van der Waals surface area contributed by atoms with E-state index in [1.54, 1.807) is 0 Å². The molecule has 0 saturated heterocycles. The number of unbranched alkanes of at least 4 members (excludes halogenated alkanes) is 29. The molecule has 0 aromatic rings. The normalized spacial score (nSPS) is 21.7. The van der Waals surface area contributed by atoms with Crippen molar-refractivity contribution in [2.75, 3.05) is 13.2 Å². The molecule has 0 amide bonds. The molecule has 3 unspecified atom stereocenters. The first-order valence-corrected chi connectivity index (χ1v) is 28.1. The molecule has 1 aliphatic rings. The summed E-state index contributed by atoms with van der Waals surface area (Å²) in [7, 11) is -10.6. The molecular formula is C46H90O16P2. The van der Waals surface area contributed by atoms with Crippen LogP contribution in [0.1, 0.15) is 226 Å². The first kappa shape index (κ1) is 61.0. The maximum atomic E-state index is 13.0. The highest BCUT2D eigenvalue weighted by atomic mass is 31.2. The minimum Gasteiger partial charge on any atom is -0.462 e. The summed E-state index contributed by atoms with van der Waals surface area (Å²) in [5.41, 5.74) is 0. The fourth-order valence-electron chi connectivity index (χ4n) is 8.03. The highest BCUT2D eigenvalue weighted by Crippen LogP contribution is 2.48. The van der Waals surface area contributed by atoms with E-state index in [0.29, 0.717) is 12.8 Å². The summed E-state index contributed by atoms with van der Waals surface area (Å²) in [4.78, 5) is 54.1. The Bertz CT molecular complexity index is 1240. The molecule has 1 fully saturated rings. The van der Waals surface area contributed by atoms with Crippen molar-refractivity contribution in [3.63, 3.8) is 0 Å². The highest BCUT2D eigenvalue weighted by Gasteiger charge is 2.54. The Labute approximate surface area is 385 Å². The Morgan fingerprint density at radius 1 is 0.438 bits per heavy atom. The molecule has 0 bridgehead atoms. The lowest BCUT2D eigenvalue weighted by Crippen LogP contribution is -2.64. The minimum absolute atomic E-state index is 0.0589. The number of hydrogen-bond acceptors (Lipinski definition) is 13. The van der Waals surface area contributed by atoms with Crippen LogP contribution >= 0.6 is 15.6 Å². The zero-order valence-electron chi connectivity index (χ0n) is 39.5. The fraction of sp³-hybridized carbons (Fsp3) is 0.957. The molecule has 0 aliphatic heterocycles. The number of carbonyl (C=O) groups is 2. The number of rotatable bonds is 43. The summed E-state index contributed by atoms with van der Waals surface area (Å²) in [6.45, 7) is 3.17. The first-order valence-electron chi connectivity index (χ1n) is 25.1. The number of phosphoric acid groups is 2. The Balaban J connectivity index is 2.53. The largest absolute Gasteiger partial charge is 0.472 e. The Morgan fingerprint density at radius 2 is 0.734 bits per heavy atom. The molecule has 18 heteroatoms. The van der Waals surface area contributed by atoms with Gasteiger partial charge in [-0.1, -0.05) is 200 Å². The quantitative estimate of drug-likeness (QED) is 0.0170. The van der Waals surface area contributed by atoms with Gasteiger partial charge in [-0.3, -0.25) is 23.2 Å². The van der Waals surface area contributed by atoms with Crippen molar-refractivity contribution in [3.8, 4) is 0 Å². The van der Waals surface area contributed by atoms with Crippen molar-refractivity contribution in [2.45, 2.75) is 268 Å². The van der Waals surface area contributed by atoms with Gasteiger partial charge < -0.3 is 44.6 Å². The molecule has 0 spiro atoms. The predicted octanol–water partition coefficient (Wildman–Crippen LogP) is 9.79. The average Bonchev–Trinajstić information content (AvgIpc) is 3.25. The molecule has 64 heavy (non-hydrogen) atoms. The molecule has 1 saturated carbocycles. The third-order valence-corrected chi connectivity index (χ3v) is 13.4. The van der Waals surface area contributed by atoms with Gasteiger partial charge in [-0.2, -0.15) is 0 Å². The van der Waals surface area contributed by atoms with Crippen LogP contribution in [0.25, 0.3) is 0 Å². The topological polar surface area (TPSA) is 256 Å². The molecule has 0 aromatic carbocycles. The van der Waals surface area contributed by atoms with Crippen LogP contribution in [0.3, 0.4) is 0 Å². The minimum atomic E-state index is -5.30. The van der Waals surface area contributed by atoms with Crippen LogP contribution in [0.5, 0.6) is 0 Å². The lowest BCUT2D eigenvalue weighted by molar-refractivity contribution is -0.216. The second-order valence-electron chi connectivity index (χ2n) is 17.9. The van der Waals surface area contributed by atoms with E-state index < -0.39 is 83.5 Å². The summed E-state index contributed by atoms with van der Waals surface area (Å²) < 4.78 is 49.2. The molecule has 0 heterocycles. The molecular weight excluding hydrogens is 870 g/mol. The smallest absolute Gasteiger partial charge is 0.462 e. The van der Waals surface area contributed by atoms with Gasteiger partial charge in [-0.05, 0) is 12.8 Å². The van der Waals surface area contributed by atoms with E-state index in [4.69, 9.17) is 28.3 Å². The van der Waals surface area contributed by atoms with Gasteiger partial charge in [0.15, 0.2) is 6.10 Å². The molecule has 7 N–H and O–H groups in total. The summed E-state index contributed by atoms with van der Waals surface area (Å²) >= 11 is 0. The Morgan fingerprint density at radius 3 is 1.06 bits per heavy atom. The molecule has 16 nitrogen and oxygen atoms in total. The van der Waals surface area contributed by atoms with E-state index in [1.807, 2.05) is 0 Å². The fourth-order valence-corrected chi connectivity index (χ4v) is 9.57. The summed E-state index contributed by atoms with van der Waals surface area (Å²) in [5.74, 6) is -1.17. The van der Waals surface area contributed by atoms with Crippen LogP contribution in [0.15, 0.2) is 0 Å². The molecule has 0 radical (unpaired) electrons. The van der Waals surface area contributed by atoms with Gasteiger partial charge >= 0.3 is 27.6 Å². The number of phosphoric ester groups is 2. The summed E-state index contributed by atoms with van der Waals surface area (Å²) in [6, 6.07) is 0. The first-order chi connectivity index (χ1) is 30.6. The van der Waals surface area contributed by atoms with Gasteiger partial charge in [-0.15, -0.1) is 0 Å². The Kier molecular flexibility index (Phi) is 36.2. The maximum Gasteiger partial charge on any atom is 0.472 e. The maximum absolute atomic E-state index is 13.0. The lowest BCUT2D eigenvalue weighted by atomic mass is 9.85. The van der Waals surface area contributed by atoms with E-state index in [9.17, 15) is 44.0 Å². The van der Waals surface area contributed by atoms with Crippen LogP contribution < -0.4 is 0 Å². The van der Waals surface area contributed by atoms with Crippen LogP contribution in [0.4, 0.5) is 0 Å². The predicted molar refractivity (Wildman–Crippen MR) is 246 cm³/mol. The van der Waals surface area contributed by atoms with Gasteiger partial charge in [-0.25, -0.2) is 9.13 Å². The molecule has 0 aromatic heterocycles. The van der Waals surface area contributed by atoms with Crippen LogP contribution in [-0.2, 0) is 41.8 Å². The highest BCUT2D eigenvalue weighted by molar-refractivity contribution is 7.47. The average molecular weight is 961 g/mol. The van der Waals surface area contributed by atoms with Crippen molar-refractivity contribution >= 4 is 27.6 Å². The van der Waals surface area contributed by atoms with Gasteiger partial charge in [0.2, 0.25) is 0 Å². The van der Waals surface area contributed by atoms with E-state index in [-0.39, 0.29) is 12.8 Å². The van der Waals surface area contributed by atoms with Crippen LogP contribution in [0, 0.1) is 0 Å². The number of hydrogen-bond donors (Lipinski definition) is 7. The monoisotopic (exact) mass is 961 g/mol. The van der Waals surface area contributed by atoms with E-state index >= 15 is 0 Å². The standard InChI is InChI=1S/C46H90O16P2/c1-3-5-7-9-11-13-15-17-19-21-23-25-27-29-31-33-35-40(48)60-38(36-58-39(47)34-32-30-28-26-24-22-20-18-16-14-12-10-8-6-4-2)37-59-64(56,57)62-46-43(51)41(49)45(42(50)44(46)52)61-63(53,54)55/h38,41-46,49-52H,3-37H2,1-2H3,(H,56,57)(H2,53,54,55)/t38-,41-,42+,43-,44-,45?,46?/m1/s1. The summed E-state index contributed by atoms with van der Waals surface area (Å²) in [6.07, 6.45) is 22.0. The lowest BCUT2D eigenvalue weighted by Gasteiger charge is -2.43. The number of aliphatic hydroxyl groups is 4. The number of aliphatic hydroxyl groups excluding tert-OH is 4. The van der Waals surface area contributed by atoms with Crippen molar-refractivity contribution < 1.29 is 76.9 Å². The second kappa shape index (κ2) is 37.9. The van der Waals surface area contributed by atoms with Crippen molar-refractivity contribution in [1.82, 2.24) is 0 Å². The second-order valence-corrected chi connectivity index (χ2v) is 20.5. The molecule has 1 rings (SSSR count). The SMILES string of the molecule is CCCCCCCCCCCCCCCCCCC(=O)O[C@H](COC(=O)CCCCCCCCCCCCCCCCC)COP(=O)(O)OC1[C@H](O)[C@H](O)C(OP(=O)(O)O)[C@H](O)[C@H]1O. The number of carbonyl (C=O) groups excluding carboxylic acids is 2. The molecule has 380 valence electrons. The van der Waals surface area contributed by atoms with E-state index in [1.165, 1.54) is 135 Å². The third kappa shape index (κ3) is 31.9. The van der Waals surface area contributed by atoms with Crippen molar-refractivity contribution in [1.29, 1.82) is 0 Å². The van der Waals surface area contributed by atoms with Gasteiger partial charge in [0.05, 0.1) is 6.61 Å². The van der Waals surface area contributed by atoms with Gasteiger partial charge in [0, 0.05) is 12.8 Å². The van der Waals surface area contributed by atoms with Crippen molar-refractivity contribution in [3.05, 3.63) is 0 Å². The van der Waals surface area contributed by atoms with Gasteiger partial charge in [0.1, 0.15) is 43.2 Å². The van der Waals surface area contributed by atoms with Crippen LogP contribution in [0.2, 0.25) is 0 Å². The van der Waals surface area contributed by atoms with E-state index in [2.05, 4.69) is 18.4 Å². The van der Waals surface area contributed by atoms with Crippen LogP contribution in [-0.4, -0.2) is 103 Å². The number of ether oxygens (including phenoxy) is 2. The number of esters is 2. The zero-order valence-corrected chi connectivity index (χ0v) is 41.3. The Hall–Kier alpha value is -1.00. The summed E-state index contributed by atoms with van der Waals surface area (Å²) in [5, 5.41) is 41.5. The van der Waals surface area contributed by atoms with E-state index in [0.717, 1.165) is 51.4 Å². The van der Waals surface area contributed by atoms with Crippen molar-refractivity contribution in [2.24, 2.45) is 0 Å². The molecule has 1 aliphatic carbocycles. The van der Waals surface area contributed by atoms with Gasteiger partial charge in [0.25, 0.3) is 0 Å². The third-order valence-electron chi connectivity index (χ3n) is 11.9. The zero-order chi connectivity index (χ0) is 47.5. The molecule has 8 atom stereocenters.